The van der Waals surface area contributed by atoms with Crippen LogP contribution in [0.2, 0.25) is 0 Å². The molecule has 0 rings (SSSR count). The van der Waals surface area contributed by atoms with Gasteiger partial charge in [0.2, 0.25) is 0 Å². The Morgan fingerprint density at radius 1 is 1.75 bits per heavy atom. The van der Waals surface area contributed by atoms with Gasteiger partial charge in [-0.15, -0.1) is 0 Å². The standard InChI is InChI=1S/C5H10N2O4S/c1-2-4(7)5(3-6)11-12(8,9)10/h4-5H,2,7H2,1H3,(H,8,9,10). The van der Waals surface area contributed by atoms with Crippen LogP contribution in [0.15, 0.2) is 0 Å². The van der Waals surface area contributed by atoms with E-state index in [9.17, 15) is 8.42 Å². The van der Waals surface area contributed by atoms with Crippen LogP contribution in [0, 0.1) is 11.3 Å². The van der Waals surface area contributed by atoms with Gasteiger partial charge in [-0.1, -0.05) is 6.92 Å². The number of nitrogens with two attached hydrogens (primary N) is 1. The van der Waals surface area contributed by atoms with Crippen molar-refractivity contribution in [2.24, 2.45) is 5.73 Å². The molecule has 0 fully saturated rings. The van der Waals surface area contributed by atoms with E-state index in [2.05, 4.69) is 4.18 Å². The smallest absolute Gasteiger partial charge is 0.325 e. The van der Waals surface area contributed by atoms with E-state index in [-0.39, 0.29) is 0 Å². The molecule has 0 bridgehead atoms. The van der Waals surface area contributed by atoms with Crippen molar-refractivity contribution in [1.29, 1.82) is 5.26 Å². The summed E-state index contributed by atoms with van der Waals surface area (Å²) in [7, 11) is -4.59. The topological polar surface area (TPSA) is 113 Å². The first-order valence-electron chi connectivity index (χ1n) is 3.21. The quantitative estimate of drug-likeness (QED) is 0.579. The van der Waals surface area contributed by atoms with Crippen molar-refractivity contribution in [3.05, 3.63) is 0 Å². The summed E-state index contributed by atoms with van der Waals surface area (Å²) in [6.45, 7) is 1.67. The van der Waals surface area contributed by atoms with Crippen molar-refractivity contribution in [2.75, 3.05) is 0 Å². The van der Waals surface area contributed by atoms with Gasteiger partial charge >= 0.3 is 10.4 Å². The summed E-state index contributed by atoms with van der Waals surface area (Å²) in [6.07, 6.45) is -0.946. The molecule has 70 valence electrons. The minimum Gasteiger partial charge on any atom is -0.325 e. The summed E-state index contributed by atoms with van der Waals surface area (Å²) in [5.41, 5.74) is 5.31. The third-order valence-electron chi connectivity index (χ3n) is 1.21. The van der Waals surface area contributed by atoms with Gasteiger partial charge in [0.25, 0.3) is 0 Å². The fourth-order valence-electron chi connectivity index (χ4n) is 0.534. The monoisotopic (exact) mass is 194 g/mol. The molecular formula is C5H10N2O4S. The van der Waals surface area contributed by atoms with Crippen LogP contribution >= 0.6 is 0 Å². The lowest BCUT2D eigenvalue weighted by atomic mass is 10.1. The highest BCUT2D eigenvalue weighted by Gasteiger charge is 2.22. The Morgan fingerprint density at radius 2 is 2.25 bits per heavy atom. The second kappa shape index (κ2) is 4.37. The van der Waals surface area contributed by atoms with Gasteiger partial charge < -0.3 is 5.73 Å². The van der Waals surface area contributed by atoms with Gasteiger partial charge in [-0.25, -0.2) is 4.18 Å². The number of hydrogen-bond donors (Lipinski definition) is 2. The molecule has 12 heavy (non-hydrogen) atoms. The number of nitrogens with zero attached hydrogens (tertiary/aromatic N) is 1. The molecule has 7 heteroatoms. The average Bonchev–Trinajstić information content (AvgIpc) is 1.97. The maximum absolute atomic E-state index is 10.1. The molecule has 6 nitrogen and oxygen atoms in total. The predicted molar refractivity (Wildman–Crippen MR) is 40.3 cm³/mol. The summed E-state index contributed by atoms with van der Waals surface area (Å²) in [4.78, 5) is 0. The maximum atomic E-state index is 10.1. The van der Waals surface area contributed by atoms with Crippen LogP contribution in [0.5, 0.6) is 0 Å². The molecular weight excluding hydrogens is 184 g/mol. The first-order chi connectivity index (χ1) is 5.40. The molecule has 0 amide bonds. The molecule has 0 aromatic heterocycles. The highest BCUT2D eigenvalue weighted by atomic mass is 32.3. The SMILES string of the molecule is CCC(N)C(C#N)OS(=O)(=O)O. The van der Waals surface area contributed by atoms with Gasteiger partial charge in [0.1, 0.15) is 0 Å². The number of nitriles is 1. The van der Waals surface area contributed by atoms with Gasteiger partial charge in [-0.05, 0) is 6.42 Å². The van der Waals surface area contributed by atoms with Crippen LogP contribution < -0.4 is 5.73 Å². The third kappa shape index (κ3) is 4.25. The Hall–Kier alpha value is -0.680. The maximum Gasteiger partial charge on any atom is 0.398 e. The fraction of sp³-hybridized carbons (Fsp3) is 0.800. The molecule has 0 aliphatic rings. The van der Waals surface area contributed by atoms with E-state index in [1.54, 1.807) is 6.92 Å². The summed E-state index contributed by atoms with van der Waals surface area (Å²) in [5.74, 6) is 0. The van der Waals surface area contributed by atoms with Crippen LogP contribution in [-0.4, -0.2) is 25.1 Å². The van der Waals surface area contributed by atoms with Crippen LogP contribution in [0.1, 0.15) is 13.3 Å². The Morgan fingerprint density at radius 3 is 2.50 bits per heavy atom. The first-order valence-corrected chi connectivity index (χ1v) is 4.58. The minimum absolute atomic E-state index is 0.383. The third-order valence-corrected chi connectivity index (χ3v) is 1.66. The van der Waals surface area contributed by atoms with Gasteiger partial charge in [0, 0.05) is 6.04 Å². The molecule has 0 saturated carbocycles. The van der Waals surface area contributed by atoms with E-state index in [1.165, 1.54) is 6.07 Å². The highest BCUT2D eigenvalue weighted by molar-refractivity contribution is 7.80. The van der Waals surface area contributed by atoms with Gasteiger partial charge in [0.15, 0.2) is 6.10 Å². The summed E-state index contributed by atoms with van der Waals surface area (Å²) in [5, 5.41) is 8.36. The Bertz CT molecular complexity index is 268. The summed E-state index contributed by atoms with van der Waals surface area (Å²) < 4.78 is 32.5. The molecule has 0 aromatic rings. The molecule has 2 atom stereocenters. The van der Waals surface area contributed by atoms with Crippen LogP contribution in [0.25, 0.3) is 0 Å². The number of rotatable bonds is 4. The minimum atomic E-state index is -4.59. The zero-order valence-electron chi connectivity index (χ0n) is 6.47. The largest absolute Gasteiger partial charge is 0.398 e. The fourth-order valence-corrected chi connectivity index (χ4v) is 0.981. The van der Waals surface area contributed by atoms with E-state index >= 15 is 0 Å². The van der Waals surface area contributed by atoms with Crippen molar-refractivity contribution in [3.63, 3.8) is 0 Å². The average molecular weight is 194 g/mol. The van der Waals surface area contributed by atoms with E-state index in [1.807, 2.05) is 0 Å². The molecule has 0 spiro atoms. The van der Waals surface area contributed by atoms with Crippen LogP contribution in [0.3, 0.4) is 0 Å². The lowest BCUT2D eigenvalue weighted by molar-refractivity contribution is 0.197. The van der Waals surface area contributed by atoms with Crippen LogP contribution in [-0.2, 0) is 14.6 Å². The Balaban J connectivity index is 4.32. The molecule has 0 aromatic carbocycles. The molecule has 0 aliphatic heterocycles. The normalized spacial score (nSPS) is 16.5. The molecule has 0 radical (unpaired) electrons. The van der Waals surface area contributed by atoms with Gasteiger partial charge in [-0.2, -0.15) is 13.7 Å². The van der Waals surface area contributed by atoms with Crippen molar-refractivity contribution in [2.45, 2.75) is 25.5 Å². The molecule has 2 unspecified atom stereocenters. The first kappa shape index (κ1) is 11.3. The zero-order valence-corrected chi connectivity index (χ0v) is 7.28. The molecule has 3 N–H and O–H groups in total. The zero-order chi connectivity index (χ0) is 9.78. The van der Waals surface area contributed by atoms with Gasteiger partial charge in [-0.3, -0.25) is 4.55 Å². The highest BCUT2D eigenvalue weighted by Crippen LogP contribution is 2.03. The summed E-state index contributed by atoms with van der Waals surface area (Å²) >= 11 is 0. The predicted octanol–water partition coefficient (Wildman–Crippen LogP) is -0.565. The lowest BCUT2D eigenvalue weighted by Gasteiger charge is -2.13. The van der Waals surface area contributed by atoms with E-state index in [4.69, 9.17) is 15.5 Å². The Labute approximate surface area is 70.9 Å². The van der Waals surface area contributed by atoms with Crippen molar-refractivity contribution in [1.82, 2.24) is 0 Å². The lowest BCUT2D eigenvalue weighted by Crippen LogP contribution is -2.36. The molecule has 0 aliphatic carbocycles. The van der Waals surface area contributed by atoms with E-state index < -0.39 is 22.5 Å². The van der Waals surface area contributed by atoms with E-state index in [0.29, 0.717) is 6.42 Å². The second-order valence-corrected chi connectivity index (χ2v) is 3.19. The van der Waals surface area contributed by atoms with Crippen LogP contribution in [0.4, 0.5) is 0 Å². The Kier molecular flexibility index (Phi) is 4.12. The summed E-state index contributed by atoms with van der Waals surface area (Å²) in [6, 6.07) is 0.798. The van der Waals surface area contributed by atoms with Crippen molar-refractivity contribution >= 4 is 10.4 Å². The van der Waals surface area contributed by atoms with Gasteiger partial charge in [0.05, 0.1) is 6.07 Å². The number of hydrogen-bond acceptors (Lipinski definition) is 5. The van der Waals surface area contributed by atoms with Crippen molar-refractivity contribution in [3.8, 4) is 6.07 Å². The molecule has 0 heterocycles. The van der Waals surface area contributed by atoms with Crippen molar-refractivity contribution < 1.29 is 17.2 Å². The molecule has 0 saturated heterocycles. The second-order valence-electron chi connectivity index (χ2n) is 2.15. The van der Waals surface area contributed by atoms with E-state index in [0.717, 1.165) is 0 Å².